The minimum atomic E-state index is -0.267. The van der Waals surface area contributed by atoms with Crippen LogP contribution in [0.5, 0.6) is 5.75 Å². The molecule has 1 heterocycles. The molecule has 40 heavy (non-hydrogen) atoms. The summed E-state index contributed by atoms with van der Waals surface area (Å²) in [5, 5.41) is 6.90. The lowest BCUT2D eigenvalue weighted by molar-refractivity contribution is -0.123. The standard InChI is InChI=1S/C33H32N4O3/c38-32(34-20-25-6-2-1-3-7-25)24-40-31-16-12-26(13-17-31)21-35-36-33(39)29-14-10-27(11-15-29)22-37-19-18-28-8-4-5-9-30(28)23-37/h1-17,21H,18-20,22-24H2,(H,34,38)(H,36,39)/b35-21+. The zero-order chi connectivity index (χ0) is 27.6. The maximum absolute atomic E-state index is 12.5. The number of hydrogen-bond donors (Lipinski definition) is 2. The second-order valence-electron chi connectivity index (χ2n) is 9.75. The summed E-state index contributed by atoms with van der Waals surface area (Å²) in [5.74, 6) is 0.114. The topological polar surface area (TPSA) is 83.0 Å². The lowest BCUT2D eigenvalue weighted by atomic mass is 9.99. The number of carbonyl (C=O) groups excluding carboxylic acids is 2. The van der Waals surface area contributed by atoms with E-state index in [1.54, 1.807) is 30.5 Å². The molecule has 0 unspecified atom stereocenters. The highest BCUT2D eigenvalue weighted by molar-refractivity contribution is 5.94. The SMILES string of the molecule is O=C(COc1ccc(/C=N/NC(=O)c2ccc(CN3CCc4ccccc4C3)cc2)cc1)NCc1ccccc1. The maximum atomic E-state index is 12.5. The highest BCUT2D eigenvalue weighted by atomic mass is 16.5. The maximum Gasteiger partial charge on any atom is 0.271 e. The molecular weight excluding hydrogens is 500 g/mol. The van der Waals surface area contributed by atoms with Gasteiger partial charge in [-0.15, -0.1) is 0 Å². The molecule has 5 rings (SSSR count). The molecular formula is C33H32N4O3. The molecule has 4 aromatic rings. The third-order valence-corrected chi connectivity index (χ3v) is 6.79. The van der Waals surface area contributed by atoms with Crippen LogP contribution in [0.4, 0.5) is 0 Å². The Bertz CT molecular complexity index is 1450. The minimum Gasteiger partial charge on any atom is -0.484 e. The fourth-order valence-electron chi connectivity index (χ4n) is 4.59. The van der Waals surface area contributed by atoms with Crippen LogP contribution in [0.1, 0.15) is 38.2 Å². The first-order valence-electron chi connectivity index (χ1n) is 13.4. The first-order chi connectivity index (χ1) is 19.6. The summed E-state index contributed by atoms with van der Waals surface area (Å²) in [5.41, 5.74) is 8.97. The molecule has 2 amide bonds. The number of nitrogens with zero attached hydrogens (tertiary/aromatic N) is 2. The van der Waals surface area contributed by atoms with Gasteiger partial charge in [0.05, 0.1) is 6.21 Å². The molecule has 0 saturated carbocycles. The van der Waals surface area contributed by atoms with Crippen molar-refractivity contribution in [2.45, 2.75) is 26.1 Å². The number of fused-ring (bicyclic) bond motifs is 1. The van der Waals surface area contributed by atoms with Crippen LogP contribution in [-0.4, -0.2) is 36.1 Å². The molecule has 1 aliphatic rings. The number of hydrogen-bond acceptors (Lipinski definition) is 5. The van der Waals surface area contributed by atoms with Crippen LogP contribution in [-0.2, 0) is 30.8 Å². The lowest BCUT2D eigenvalue weighted by Gasteiger charge is -2.28. The van der Waals surface area contributed by atoms with Gasteiger partial charge in [-0.1, -0.05) is 66.7 Å². The van der Waals surface area contributed by atoms with E-state index < -0.39 is 0 Å². The smallest absolute Gasteiger partial charge is 0.271 e. The summed E-state index contributed by atoms with van der Waals surface area (Å²) in [6, 6.07) is 33.1. The molecule has 1 aliphatic heterocycles. The van der Waals surface area contributed by atoms with Gasteiger partial charge in [0.2, 0.25) is 0 Å². The van der Waals surface area contributed by atoms with E-state index in [-0.39, 0.29) is 18.4 Å². The Hall–Kier alpha value is -4.75. The van der Waals surface area contributed by atoms with E-state index in [1.165, 1.54) is 16.7 Å². The Morgan fingerprint density at radius 1 is 0.825 bits per heavy atom. The molecule has 4 aromatic carbocycles. The first kappa shape index (κ1) is 26.8. The molecule has 0 aromatic heterocycles. The van der Waals surface area contributed by atoms with Crippen LogP contribution < -0.4 is 15.5 Å². The fraction of sp³-hybridized carbons (Fsp3) is 0.182. The Labute approximate surface area is 234 Å². The highest BCUT2D eigenvalue weighted by Gasteiger charge is 2.16. The van der Waals surface area contributed by atoms with E-state index in [4.69, 9.17) is 4.74 Å². The quantitative estimate of drug-likeness (QED) is 0.229. The number of ether oxygens (including phenoxy) is 1. The van der Waals surface area contributed by atoms with Gasteiger partial charge >= 0.3 is 0 Å². The number of rotatable bonds is 10. The summed E-state index contributed by atoms with van der Waals surface area (Å²) in [6.45, 7) is 3.23. The highest BCUT2D eigenvalue weighted by Crippen LogP contribution is 2.20. The van der Waals surface area contributed by atoms with E-state index in [2.05, 4.69) is 45.0 Å². The lowest BCUT2D eigenvalue weighted by Crippen LogP contribution is -2.30. The van der Waals surface area contributed by atoms with Crippen molar-refractivity contribution in [1.82, 2.24) is 15.6 Å². The van der Waals surface area contributed by atoms with Crippen LogP contribution in [0.15, 0.2) is 108 Å². The van der Waals surface area contributed by atoms with Gasteiger partial charge in [0.25, 0.3) is 11.8 Å². The zero-order valence-corrected chi connectivity index (χ0v) is 22.3. The van der Waals surface area contributed by atoms with Gasteiger partial charge < -0.3 is 10.1 Å². The number of nitrogens with one attached hydrogen (secondary N) is 2. The minimum absolute atomic E-state index is 0.0683. The predicted molar refractivity (Wildman–Crippen MR) is 156 cm³/mol. The third kappa shape index (κ3) is 7.65. The van der Waals surface area contributed by atoms with Gasteiger partial charge in [-0.3, -0.25) is 14.5 Å². The summed E-state index contributed by atoms with van der Waals surface area (Å²) in [7, 11) is 0. The van der Waals surface area contributed by atoms with E-state index >= 15 is 0 Å². The van der Waals surface area contributed by atoms with Crippen molar-refractivity contribution >= 4 is 18.0 Å². The number of benzene rings is 4. The van der Waals surface area contributed by atoms with E-state index in [0.717, 1.165) is 37.2 Å². The number of hydrazone groups is 1. The number of carbonyl (C=O) groups is 2. The molecule has 2 N–H and O–H groups in total. The van der Waals surface area contributed by atoms with Crippen LogP contribution in [0.2, 0.25) is 0 Å². The van der Waals surface area contributed by atoms with Crippen LogP contribution >= 0.6 is 0 Å². The molecule has 202 valence electrons. The van der Waals surface area contributed by atoms with E-state index in [1.807, 2.05) is 54.6 Å². The monoisotopic (exact) mass is 532 g/mol. The Kier molecular flexibility index (Phi) is 8.96. The molecule has 7 nitrogen and oxygen atoms in total. The van der Waals surface area contributed by atoms with Gasteiger partial charge in [-0.05, 0) is 70.6 Å². The van der Waals surface area contributed by atoms with Crippen molar-refractivity contribution in [1.29, 1.82) is 0 Å². The third-order valence-electron chi connectivity index (χ3n) is 6.79. The van der Waals surface area contributed by atoms with Gasteiger partial charge in [-0.25, -0.2) is 5.43 Å². The second-order valence-corrected chi connectivity index (χ2v) is 9.75. The molecule has 0 aliphatic carbocycles. The summed E-state index contributed by atoms with van der Waals surface area (Å²) < 4.78 is 5.56. The van der Waals surface area contributed by atoms with Crippen LogP contribution in [0.25, 0.3) is 0 Å². The summed E-state index contributed by atoms with van der Waals surface area (Å²) in [4.78, 5) is 27.0. The zero-order valence-electron chi connectivity index (χ0n) is 22.3. The molecule has 7 heteroatoms. The molecule has 0 radical (unpaired) electrons. The van der Waals surface area contributed by atoms with Crippen molar-refractivity contribution in [2.24, 2.45) is 5.10 Å². The molecule has 0 spiro atoms. The van der Waals surface area contributed by atoms with Crippen molar-refractivity contribution in [3.8, 4) is 5.75 Å². The van der Waals surface area contributed by atoms with Crippen molar-refractivity contribution in [3.63, 3.8) is 0 Å². The van der Waals surface area contributed by atoms with Crippen molar-refractivity contribution in [2.75, 3.05) is 13.2 Å². The summed E-state index contributed by atoms with van der Waals surface area (Å²) >= 11 is 0. The van der Waals surface area contributed by atoms with Crippen LogP contribution in [0.3, 0.4) is 0 Å². The number of amides is 2. The Morgan fingerprint density at radius 3 is 2.33 bits per heavy atom. The van der Waals surface area contributed by atoms with E-state index in [0.29, 0.717) is 17.9 Å². The van der Waals surface area contributed by atoms with Gasteiger partial charge in [0.15, 0.2) is 6.61 Å². The first-order valence-corrected chi connectivity index (χ1v) is 13.4. The largest absolute Gasteiger partial charge is 0.484 e. The van der Waals surface area contributed by atoms with Crippen molar-refractivity contribution in [3.05, 3.63) is 137 Å². The average molecular weight is 533 g/mol. The van der Waals surface area contributed by atoms with E-state index in [9.17, 15) is 9.59 Å². The average Bonchev–Trinajstić information content (AvgIpc) is 3.00. The molecule has 0 saturated heterocycles. The van der Waals surface area contributed by atoms with Gasteiger partial charge in [0, 0.05) is 31.7 Å². The molecule has 0 fully saturated rings. The van der Waals surface area contributed by atoms with Crippen molar-refractivity contribution < 1.29 is 14.3 Å². The Balaban J connectivity index is 1.04. The second kappa shape index (κ2) is 13.4. The molecule has 0 bridgehead atoms. The van der Waals surface area contributed by atoms with Crippen LogP contribution in [0, 0.1) is 0 Å². The normalized spacial score (nSPS) is 13.0. The summed E-state index contributed by atoms with van der Waals surface area (Å²) in [6.07, 6.45) is 2.63. The predicted octanol–water partition coefficient (Wildman–Crippen LogP) is 4.70. The van der Waals surface area contributed by atoms with Gasteiger partial charge in [-0.2, -0.15) is 5.10 Å². The van der Waals surface area contributed by atoms with Gasteiger partial charge in [0.1, 0.15) is 5.75 Å². The Morgan fingerprint density at radius 2 is 1.55 bits per heavy atom. The fourth-order valence-corrected chi connectivity index (χ4v) is 4.59. The molecule has 0 atom stereocenters.